The van der Waals surface area contributed by atoms with Crippen molar-refractivity contribution in [3.8, 4) is 0 Å². The molecule has 19 heteroatoms. The summed E-state index contributed by atoms with van der Waals surface area (Å²) in [6.07, 6.45) is 48.8. The summed E-state index contributed by atoms with van der Waals surface area (Å²) in [5, 5.41) is 10.6. The number of esters is 4. The number of hydrogen-bond donors (Lipinski definition) is 3. The summed E-state index contributed by atoms with van der Waals surface area (Å²) in [4.78, 5) is 72.7. The van der Waals surface area contributed by atoms with Crippen molar-refractivity contribution in [2.45, 2.75) is 395 Å². The molecule has 0 aliphatic heterocycles. The monoisotopic (exact) mass is 1380 g/mol. The van der Waals surface area contributed by atoms with Crippen LogP contribution in [0.2, 0.25) is 0 Å². The van der Waals surface area contributed by atoms with Gasteiger partial charge in [-0.25, -0.2) is 9.13 Å². The minimum absolute atomic E-state index is 0.102. The topological polar surface area (TPSA) is 237 Å². The van der Waals surface area contributed by atoms with Crippen LogP contribution in [0.15, 0.2) is 0 Å². The number of aliphatic hydroxyl groups is 1. The zero-order valence-corrected chi connectivity index (χ0v) is 63.4. The van der Waals surface area contributed by atoms with Gasteiger partial charge in [0.05, 0.1) is 26.4 Å². The fraction of sp³-hybridized carbons (Fsp3) is 0.947. The van der Waals surface area contributed by atoms with Crippen molar-refractivity contribution in [1.29, 1.82) is 0 Å². The average Bonchev–Trinajstić information content (AvgIpc) is 1.26. The fourth-order valence-electron chi connectivity index (χ4n) is 11.3. The molecule has 558 valence electrons. The number of rotatable bonds is 72. The van der Waals surface area contributed by atoms with E-state index < -0.39 is 97.5 Å². The van der Waals surface area contributed by atoms with Crippen molar-refractivity contribution >= 4 is 39.5 Å². The summed E-state index contributed by atoms with van der Waals surface area (Å²) < 4.78 is 68.4. The van der Waals surface area contributed by atoms with E-state index in [0.29, 0.717) is 31.6 Å². The van der Waals surface area contributed by atoms with Crippen LogP contribution in [0.4, 0.5) is 0 Å². The quantitative estimate of drug-likeness (QED) is 0.0222. The van der Waals surface area contributed by atoms with Gasteiger partial charge in [0.2, 0.25) is 0 Å². The van der Waals surface area contributed by atoms with Crippen LogP contribution in [0.5, 0.6) is 0 Å². The molecule has 0 aliphatic rings. The van der Waals surface area contributed by atoms with E-state index in [1.54, 1.807) is 0 Å². The molecule has 0 amide bonds. The third-order valence-electron chi connectivity index (χ3n) is 17.7. The van der Waals surface area contributed by atoms with Crippen LogP contribution in [0.3, 0.4) is 0 Å². The maximum atomic E-state index is 13.1. The number of carbonyl (C=O) groups excluding carboxylic acids is 4. The summed E-state index contributed by atoms with van der Waals surface area (Å²) in [6, 6.07) is 0. The molecule has 0 fully saturated rings. The van der Waals surface area contributed by atoms with Gasteiger partial charge in [0.1, 0.15) is 19.3 Å². The third kappa shape index (κ3) is 67.3. The normalized spacial score (nSPS) is 14.4. The summed E-state index contributed by atoms with van der Waals surface area (Å²) in [5.74, 6) is 0.892. The van der Waals surface area contributed by atoms with Crippen molar-refractivity contribution in [3.05, 3.63) is 0 Å². The number of phosphoric ester groups is 2. The molecule has 0 aromatic heterocycles. The number of phosphoric acid groups is 2. The Labute approximate surface area is 575 Å². The lowest BCUT2D eigenvalue weighted by atomic mass is 10.00. The molecule has 0 aromatic rings. The van der Waals surface area contributed by atoms with Crippen molar-refractivity contribution in [2.75, 3.05) is 39.6 Å². The standard InChI is InChI=1S/C75H146O17P2/c1-9-68(8)54-46-38-33-34-40-48-56-73(78)86-62-71(92-75(80)58-50-42-32-26-29-37-45-53-67(6)7)64-90-94(83,84)88-60-69(76)59-87-93(81,82)89-63-70(61-85-72(77)55-47-39-30-24-20-17-16-19-23-28-36-44-52-66(4)5)91-74(79)57-49-41-31-25-21-15-13-11-10-12-14-18-22-27-35-43-51-65(2)3/h65-71,76H,9-64H2,1-8H3,(H,81,82)(H,83,84)/t68?,69-,70-,71-/m1/s1. The number of hydrogen-bond acceptors (Lipinski definition) is 15. The zero-order chi connectivity index (χ0) is 69.6. The van der Waals surface area contributed by atoms with E-state index in [2.05, 4.69) is 55.4 Å². The van der Waals surface area contributed by atoms with E-state index >= 15 is 0 Å². The highest BCUT2D eigenvalue weighted by Gasteiger charge is 2.30. The molecular weight excluding hydrogens is 1230 g/mol. The highest BCUT2D eigenvalue weighted by molar-refractivity contribution is 7.47. The van der Waals surface area contributed by atoms with E-state index in [-0.39, 0.29) is 25.7 Å². The Balaban J connectivity index is 5.23. The van der Waals surface area contributed by atoms with Gasteiger partial charge in [0.15, 0.2) is 12.2 Å². The Morgan fingerprint density at radius 3 is 0.755 bits per heavy atom. The second-order valence-electron chi connectivity index (χ2n) is 28.7. The van der Waals surface area contributed by atoms with Gasteiger partial charge in [-0.15, -0.1) is 0 Å². The highest BCUT2D eigenvalue weighted by atomic mass is 31.2. The smallest absolute Gasteiger partial charge is 0.462 e. The Hall–Kier alpha value is -1.94. The molecule has 0 heterocycles. The molecule has 3 N–H and O–H groups in total. The molecular formula is C75H146O17P2. The summed E-state index contributed by atoms with van der Waals surface area (Å²) in [7, 11) is -9.91. The first-order valence-corrected chi connectivity index (χ1v) is 41.7. The number of unbranched alkanes of at least 4 members (excludes halogenated alkanes) is 37. The van der Waals surface area contributed by atoms with E-state index in [1.165, 1.54) is 173 Å². The molecule has 0 radical (unpaired) electrons. The molecule has 6 atom stereocenters. The van der Waals surface area contributed by atoms with Crippen LogP contribution in [-0.4, -0.2) is 96.7 Å². The van der Waals surface area contributed by atoms with Crippen LogP contribution in [-0.2, 0) is 65.4 Å². The van der Waals surface area contributed by atoms with Gasteiger partial charge in [0, 0.05) is 25.7 Å². The van der Waals surface area contributed by atoms with Crippen molar-refractivity contribution in [2.24, 2.45) is 23.7 Å². The van der Waals surface area contributed by atoms with E-state index in [0.717, 1.165) is 114 Å². The van der Waals surface area contributed by atoms with Gasteiger partial charge in [-0.2, -0.15) is 0 Å². The Morgan fingerprint density at radius 2 is 0.511 bits per heavy atom. The molecule has 0 bridgehead atoms. The number of aliphatic hydroxyl groups excluding tert-OH is 1. The van der Waals surface area contributed by atoms with Crippen LogP contribution in [0, 0.1) is 23.7 Å². The molecule has 0 rings (SSSR count). The molecule has 0 aromatic carbocycles. The van der Waals surface area contributed by atoms with Gasteiger partial charge >= 0.3 is 39.5 Å². The molecule has 17 nitrogen and oxygen atoms in total. The minimum Gasteiger partial charge on any atom is -0.462 e. The Bertz CT molecular complexity index is 1850. The largest absolute Gasteiger partial charge is 0.472 e. The minimum atomic E-state index is -4.96. The summed E-state index contributed by atoms with van der Waals surface area (Å²) >= 11 is 0. The highest BCUT2D eigenvalue weighted by Crippen LogP contribution is 2.45. The molecule has 0 aliphatic carbocycles. The third-order valence-corrected chi connectivity index (χ3v) is 19.6. The van der Waals surface area contributed by atoms with Gasteiger partial charge in [-0.3, -0.25) is 37.3 Å². The lowest BCUT2D eigenvalue weighted by molar-refractivity contribution is -0.161. The van der Waals surface area contributed by atoms with Crippen molar-refractivity contribution < 1.29 is 80.2 Å². The SMILES string of the molecule is CCC(C)CCCCCCCCC(=O)OC[C@H](COP(=O)(O)OC[C@H](O)COP(=O)(O)OC[C@@H](COC(=O)CCCCCCCCCCCCCCC(C)C)OC(=O)CCCCCCCCCCCCCCCCCCC(C)C)OC(=O)CCCCCCCCCC(C)C. The predicted molar refractivity (Wildman–Crippen MR) is 381 cm³/mol. The van der Waals surface area contributed by atoms with Crippen molar-refractivity contribution in [3.63, 3.8) is 0 Å². The van der Waals surface area contributed by atoms with E-state index in [1.807, 2.05) is 0 Å². The first kappa shape index (κ1) is 92.1. The van der Waals surface area contributed by atoms with Gasteiger partial charge in [-0.05, 0) is 49.4 Å². The fourth-order valence-corrected chi connectivity index (χ4v) is 12.9. The zero-order valence-electron chi connectivity index (χ0n) is 61.6. The summed E-state index contributed by atoms with van der Waals surface area (Å²) in [5.41, 5.74) is 0. The van der Waals surface area contributed by atoms with Gasteiger partial charge in [0.25, 0.3) is 0 Å². The molecule has 0 spiro atoms. The van der Waals surface area contributed by atoms with Gasteiger partial charge in [-0.1, -0.05) is 325 Å². The maximum Gasteiger partial charge on any atom is 0.472 e. The lowest BCUT2D eigenvalue weighted by Gasteiger charge is -2.21. The predicted octanol–water partition coefficient (Wildman–Crippen LogP) is 21.7. The average molecular weight is 1380 g/mol. The molecule has 0 saturated carbocycles. The van der Waals surface area contributed by atoms with E-state index in [9.17, 15) is 43.2 Å². The van der Waals surface area contributed by atoms with Crippen LogP contribution >= 0.6 is 15.6 Å². The summed E-state index contributed by atoms with van der Waals surface area (Å²) in [6.45, 7) is 14.1. The molecule has 3 unspecified atom stereocenters. The van der Waals surface area contributed by atoms with Crippen molar-refractivity contribution in [1.82, 2.24) is 0 Å². The first-order chi connectivity index (χ1) is 45.1. The second-order valence-corrected chi connectivity index (χ2v) is 31.6. The van der Waals surface area contributed by atoms with Crippen LogP contribution in [0.25, 0.3) is 0 Å². The van der Waals surface area contributed by atoms with E-state index in [4.69, 9.17) is 37.0 Å². The number of carbonyl (C=O) groups is 4. The maximum absolute atomic E-state index is 13.1. The van der Waals surface area contributed by atoms with Gasteiger partial charge < -0.3 is 33.8 Å². The lowest BCUT2D eigenvalue weighted by Crippen LogP contribution is -2.30. The molecule has 0 saturated heterocycles. The van der Waals surface area contributed by atoms with Crippen LogP contribution in [0.1, 0.15) is 376 Å². The second kappa shape index (κ2) is 64.4. The Kier molecular flexibility index (Phi) is 63.1. The van der Waals surface area contributed by atoms with Crippen LogP contribution < -0.4 is 0 Å². The molecule has 94 heavy (non-hydrogen) atoms. The first-order valence-electron chi connectivity index (χ1n) is 38.7. The number of ether oxygens (including phenoxy) is 4. The Morgan fingerprint density at radius 1 is 0.298 bits per heavy atom.